The summed E-state index contributed by atoms with van der Waals surface area (Å²) in [6.07, 6.45) is 8.48. The lowest BCUT2D eigenvalue weighted by Crippen LogP contribution is -2.52. The molecule has 3 nitrogen and oxygen atoms in total. The molecule has 0 aliphatic heterocycles. The smallest absolute Gasteiger partial charge is 0.119 e. The number of rotatable bonds is 6. The van der Waals surface area contributed by atoms with Crippen molar-refractivity contribution in [2.24, 2.45) is 0 Å². The molecule has 1 aliphatic rings. The first-order valence-electron chi connectivity index (χ1n) is 8.09. The Morgan fingerprint density at radius 2 is 1.86 bits per heavy atom. The largest absolute Gasteiger partial charge is 0.497 e. The average Bonchev–Trinajstić information content (AvgIpc) is 2.79. The van der Waals surface area contributed by atoms with E-state index < -0.39 is 0 Å². The van der Waals surface area contributed by atoms with E-state index in [1.165, 1.54) is 31.2 Å². The monoisotopic (exact) mass is 291 g/mol. The molecule has 0 amide bonds. The molecule has 2 rings (SSSR count). The van der Waals surface area contributed by atoms with Gasteiger partial charge in [0.15, 0.2) is 0 Å². The maximum atomic E-state index is 6.05. The van der Waals surface area contributed by atoms with Crippen molar-refractivity contribution >= 4 is 0 Å². The summed E-state index contributed by atoms with van der Waals surface area (Å²) in [5.41, 5.74) is 1.27. The molecule has 0 spiro atoms. The van der Waals surface area contributed by atoms with Gasteiger partial charge in [0.1, 0.15) is 5.75 Å². The molecule has 21 heavy (non-hydrogen) atoms. The number of hydrogen-bond acceptors (Lipinski definition) is 3. The van der Waals surface area contributed by atoms with E-state index in [0.29, 0.717) is 6.04 Å². The molecule has 0 heterocycles. The van der Waals surface area contributed by atoms with Crippen LogP contribution in [0.15, 0.2) is 24.3 Å². The zero-order chi connectivity index (χ0) is 15.1. The van der Waals surface area contributed by atoms with E-state index in [9.17, 15) is 0 Å². The second-order valence-corrected chi connectivity index (χ2v) is 6.08. The van der Waals surface area contributed by atoms with Crippen LogP contribution < -0.4 is 10.1 Å². The van der Waals surface area contributed by atoms with Crippen molar-refractivity contribution in [2.45, 2.75) is 56.6 Å². The molecule has 118 valence electrons. The molecule has 1 fully saturated rings. The highest BCUT2D eigenvalue weighted by Gasteiger charge is 2.38. The van der Waals surface area contributed by atoms with Crippen molar-refractivity contribution in [1.29, 1.82) is 0 Å². The van der Waals surface area contributed by atoms with Crippen molar-refractivity contribution in [3.63, 3.8) is 0 Å². The summed E-state index contributed by atoms with van der Waals surface area (Å²) in [6, 6.07) is 8.70. The van der Waals surface area contributed by atoms with E-state index in [1.54, 1.807) is 7.11 Å². The van der Waals surface area contributed by atoms with Crippen molar-refractivity contribution in [3.05, 3.63) is 29.8 Å². The second kappa shape index (κ2) is 7.81. The number of likely N-dealkylation sites (N-methyl/N-ethyl adjacent to an activating group) is 1. The van der Waals surface area contributed by atoms with Gasteiger partial charge >= 0.3 is 0 Å². The third kappa shape index (κ3) is 3.98. The van der Waals surface area contributed by atoms with Gasteiger partial charge in [0.05, 0.1) is 12.7 Å². The Kier molecular flexibility index (Phi) is 6.07. The third-order valence-electron chi connectivity index (χ3n) is 4.91. The van der Waals surface area contributed by atoms with E-state index in [4.69, 9.17) is 9.47 Å². The van der Waals surface area contributed by atoms with Crippen LogP contribution in [0, 0.1) is 0 Å². The van der Waals surface area contributed by atoms with Gasteiger partial charge in [-0.3, -0.25) is 0 Å². The summed E-state index contributed by atoms with van der Waals surface area (Å²) in [7, 11) is 5.65. The predicted octanol–water partition coefficient (Wildman–Crippen LogP) is 3.57. The normalized spacial score (nSPS) is 19.8. The van der Waals surface area contributed by atoms with Crippen LogP contribution in [0.1, 0.15) is 44.1 Å². The summed E-state index contributed by atoms with van der Waals surface area (Å²) in [5, 5.41) is 3.51. The average molecular weight is 291 g/mol. The number of methoxy groups -OCH3 is 2. The highest BCUT2D eigenvalue weighted by molar-refractivity contribution is 5.29. The Labute approximate surface area is 129 Å². The molecule has 1 unspecified atom stereocenters. The van der Waals surface area contributed by atoms with Crippen LogP contribution in [0.3, 0.4) is 0 Å². The maximum Gasteiger partial charge on any atom is 0.119 e. The summed E-state index contributed by atoms with van der Waals surface area (Å²) in [4.78, 5) is 0. The summed E-state index contributed by atoms with van der Waals surface area (Å²) < 4.78 is 11.4. The SMILES string of the molecule is CNC(Cc1cccc(OC)c1)C1(OC)CCCCCC1. The predicted molar refractivity (Wildman–Crippen MR) is 87.0 cm³/mol. The molecule has 0 radical (unpaired) electrons. The highest BCUT2D eigenvalue weighted by atomic mass is 16.5. The van der Waals surface area contributed by atoms with E-state index in [1.807, 2.05) is 13.2 Å². The van der Waals surface area contributed by atoms with Crippen LogP contribution in [0.4, 0.5) is 0 Å². The van der Waals surface area contributed by atoms with Crippen LogP contribution in [0.5, 0.6) is 5.75 Å². The van der Waals surface area contributed by atoms with E-state index in [-0.39, 0.29) is 5.60 Å². The summed E-state index contributed by atoms with van der Waals surface area (Å²) in [5.74, 6) is 0.926. The fourth-order valence-electron chi connectivity index (χ4n) is 3.61. The molecular formula is C18H29NO2. The number of ether oxygens (including phenoxy) is 2. The van der Waals surface area contributed by atoms with Crippen molar-refractivity contribution < 1.29 is 9.47 Å². The van der Waals surface area contributed by atoms with Crippen molar-refractivity contribution in [2.75, 3.05) is 21.3 Å². The van der Waals surface area contributed by atoms with Crippen LogP contribution >= 0.6 is 0 Å². The van der Waals surface area contributed by atoms with Gasteiger partial charge in [-0.05, 0) is 44.0 Å². The van der Waals surface area contributed by atoms with Crippen LogP contribution in [-0.4, -0.2) is 32.9 Å². The zero-order valence-corrected chi connectivity index (χ0v) is 13.7. The molecule has 1 aromatic rings. The van der Waals surface area contributed by atoms with E-state index in [0.717, 1.165) is 25.0 Å². The Morgan fingerprint density at radius 3 is 2.43 bits per heavy atom. The van der Waals surface area contributed by atoms with Crippen LogP contribution in [0.25, 0.3) is 0 Å². The van der Waals surface area contributed by atoms with Gasteiger partial charge in [-0.15, -0.1) is 0 Å². The van der Waals surface area contributed by atoms with Gasteiger partial charge < -0.3 is 14.8 Å². The topological polar surface area (TPSA) is 30.5 Å². The number of nitrogens with one attached hydrogen (secondary N) is 1. The van der Waals surface area contributed by atoms with Gasteiger partial charge in [-0.2, -0.15) is 0 Å². The van der Waals surface area contributed by atoms with Gasteiger partial charge in [-0.25, -0.2) is 0 Å². The maximum absolute atomic E-state index is 6.05. The lowest BCUT2D eigenvalue weighted by Gasteiger charge is -2.39. The minimum Gasteiger partial charge on any atom is -0.497 e. The second-order valence-electron chi connectivity index (χ2n) is 6.08. The fraction of sp³-hybridized carbons (Fsp3) is 0.667. The standard InChI is InChI=1S/C18H29NO2/c1-19-17(14-15-9-8-10-16(13-15)20-2)18(21-3)11-6-4-5-7-12-18/h8-10,13,17,19H,4-7,11-12,14H2,1-3H3. The molecular weight excluding hydrogens is 262 g/mol. The first-order valence-corrected chi connectivity index (χ1v) is 8.09. The summed E-state index contributed by atoms with van der Waals surface area (Å²) in [6.45, 7) is 0. The molecule has 1 aromatic carbocycles. The lowest BCUT2D eigenvalue weighted by atomic mass is 9.82. The Bertz CT molecular complexity index is 425. The first kappa shape index (κ1) is 16.3. The van der Waals surface area contributed by atoms with Crippen LogP contribution in [-0.2, 0) is 11.2 Å². The molecule has 0 saturated heterocycles. The van der Waals surface area contributed by atoms with Gasteiger partial charge in [0.2, 0.25) is 0 Å². The summed E-state index contributed by atoms with van der Waals surface area (Å²) >= 11 is 0. The lowest BCUT2D eigenvalue weighted by molar-refractivity contribution is -0.0509. The quantitative estimate of drug-likeness (QED) is 0.813. The minimum atomic E-state index is -0.0334. The molecule has 1 aliphatic carbocycles. The minimum absolute atomic E-state index is 0.0334. The molecule has 0 bridgehead atoms. The van der Waals surface area contributed by atoms with E-state index >= 15 is 0 Å². The van der Waals surface area contributed by atoms with Gasteiger partial charge in [-0.1, -0.05) is 37.8 Å². The Hall–Kier alpha value is -1.06. The fourth-order valence-corrected chi connectivity index (χ4v) is 3.61. The zero-order valence-electron chi connectivity index (χ0n) is 13.7. The van der Waals surface area contributed by atoms with Crippen molar-refractivity contribution in [1.82, 2.24) is 5.32 Å². The molecule has 1 atom stereocenters. The van der Waals surface area contributed by atoms with Crippen LogP contribution in [0.2, 0.25) is 0 Å². The van der Waals surface area contributed by atoms with E-state index in [2.05, 4.69) is 30.6 Å². The molecule has 0 aromatic heterocycles. The third-order valence-corrected chi connectivity index (χ3v) is 4.91. The number of hydrogen-bond donors (Lipinski definition) is 1. The highest BCUT2D eigenvalue weighted by Crippen LogP contribution is 2.34. The Balaban J connectivity index is 2.16. The molecule has 1 saturated carbocycles. The number of benzene rings is 1. The molecule has 1 N–H and O–H groups in total. The van der Waals surface area contributed by atoms with Crippen molar-refractivity contribution in [3.8, 4) is 5.75 Å². The van der Waals surface area contributed by atoms with Gasteiger partial charge in [0.25, 0.3) is 0 Å². The Morgan fingerprint density at radius 1 is 1.14 bits per heavy atom. The first-order chi connectivity index (χ1) is 10.2. The molecule has 3 heteroatoms. The van der Waals surface area contributed by atoms with Gasteiger partial charge in [0, 0.05) is 13.2 Å².